The molecule has 0 saturated heterocycles. The summed E-state index contributed by atoms with van der Waals surface area (Å²) in [5.74, 6) is -0.00141. The van der Waals surface area contributed by atoms with Crippen molar-refractivity contribution >= 4 is 17.3 Å². The maximum absolute atomic E-state index is 11.3. The molecule has 2 rings (SSSR count). The van der Waals surface area contributed by atoms with E-state index in [1.807, 2.05) is 0 Å². The Morgan fingerprint density at radius 1 is 1.33 bits per heavy atom. The van der Waals surface area contributed by atoms with Gasteiger partial charge in [-0.25, -0.2) is 4.79 Å². The van der Waals surface area contributed by atoms with E-state index in [0.29, 0.717) is 11.8 Å². The third-order valence-corrected chi connectivity index (χ3v) is 4.42. The van der Waals surface area contributed by atoms with Gasteiger partial charge in [-0.2, -0.15) is 0 Å². The quantitative estimate of drug-likeness (QED) is 0.654. The number of nitrogens with zero attached hydrogens (tertiary/aromatic N) is 1. The number of benzene rings is 1. The number of hydrogen-bond acceptors (Lipinski definition) is 4. The van der Waals surface area contributed by atoms with Crippen molar-refractivity contribution in [2.45, 2.75) is 39.2 Å². The fourth-order valence-corrected chi connectivity index (χ4v) is 2.90. The van der Waals surface area contributed by atoms with E-state index in [2.05, 4.69) is 19.2 Å². The Bertz CT molecular complexity index is 526. The smallest absolute Gasteiger partial charge is 0.338 e. The molecule has 1 fully saturated rings. The molecule has 1 aliphatic carbocycles. The SMILES string of the molecule is CC1CCC(Nc2c(C(=O)O)cccc2[N+](=O)[O-])CC1C. The summed E-state index contributed by atoms with van der Waals surface area (Å²) in [6.07, 6.45) is 2.84. The van der Waals surface area contributed by atoms with Crippen LogP contribution < -0.4 is 5.32 Å². The Hall–Kier alpha value is -2.11. The minimum atomic E-state index is -1.15. The number of para-hydroxylation sites is 1. The van der Waals surface area contributed by atoms with Crippen LogP contribution in [0.3, 0.4) is 0 Å². The number of carboxylic acids is 1. The van der Waals surface area contributed by atoms with E-state index in [9.17, 15) is 20.0 Å². The van der Waals surface area contributed by atoms with E-state index in [-0.39, 0.29) is 23.0 Å². The lowest BCUT2D eigenvalue weighted by molar-refractivity contribution is -0.384. The van der Waals surface area contributed by atoms with Crippen LogP contribution in [0, 0.1) is 22.0 Å². The molecule has 1 saturated carbocycles. The van der Waals surface area contributed by atoms with Crippen molar-refractivity contribution in [1.82, 2.24) is 0 Å². The first kappa shape index (κ1) is 15.3. The molecular weight excluding hydrogens is 272 g/mol. The molecule has 1 aliphatic rings. The molecule has 0 bridgehead atoms. The summed E-state index contributed by atoms with van der Waals surface area (Å²) in [4.78, 5) is 21.9. The summed E-state index contributed by atoms with van der Waals surface area (Å²) in [7, 11) is 0. The molecule has 2 N–H and O–H groups in total. The number of nitro benzene ring substituents is 1. The molecule has 114 valence electrons. The van der Waals surface area contributed by atoms with Crippen molar-refractivity contribution in [3.8, 4) is 0 Å². The maximum Gasteiger partial charge on any atom is 0.338 e. The van der Waals surface area contributed by atoms with Gasteiger partial charge in [-0.3, -0.25) is 10.1 Å². The number of rotatable bonds is 4. The van der Waals surface area contributed by atoms with Crippen molar-refractivity contribution < 1.29 is 14.8 Å². The lowest BCUT2D eigenvalue weighted by Crippen LogP contribution is -2.31. The highest BCUT2D eigenvalue weighted by molar-refractivity contribution is 5.96. The summed E-state index contributed by atoms with van der Waals surface area (Å²) in [6.45, 7) is 4.37. The molecule has 0 aliphatic heterocycles. The average molecular weight is 292 g/mol. The molecule has 6 nitrogen and oxygen atoms in total. The Balaban J connectivity index is 2.29. The highest BCUT2D eigenvalue weighted by Gasteiger charge is 2.28. The topological polar surface area (TPSA) is 92.5 Å². The predicted molar refractivity (Wildman–Crippen MR) is 79.6 cm³/mol. The lowest BCUT2D eigenvalue weighted by atomic mass is 9.79. The highest BCUT2D eigenvalue weighted by atomic mass is 16.6. The van der Waals surface area contributed by atoms with Crippen LogP contribution in [-0.4, -0.2) is 22.0 Å². The Kier molecular flexibility index (Phi) is 4.45. The van der Waals surface area contributed by atoms with Gasteiger partial charge < -0.3 is 10.4 Å². The van der Waals surface area contributed by atoms with Crippen LogP contribution in [0.15, 0.2) is 18.2 Å². The van der Waals surface area contributed by atoms with Crippen molar-refractivity contribution in [3.05, 3.63) is 33.9 Å². The average Bonchev–Trinajstić information content (AvgIpc) is 2.42. The van der Waals surface area contributed by atoms with Gasteiger partial charge in [-0.05, 0) is 37.2 Å². The Morgan fingerprint density at radius 3 is 2.62 bits per heavy atom. The van der Waals surface area contributed by atoms with Gasteiger partial charge in [0.1, 0.15) is 5.69 Å². The van der Waals surface area contributed by atoms with E-state index in [4.69, 9.17) is 0 Å². The standard InChI is InChI=1S/C15H20N2O4/c1-9-6-7-11(8-10(9)2)16-14-12(15(18)19)4-3-5-13(14)17(20)21/h3-5,9-11,16H,6-8H2,1-2H3,(H,18,19). The van der Waals surface area contributed by atoms with Crippen LogP contribution in [-0.2, 0) is 0 Å². The molecule has 3 unspecified atom stereocenters. The number of carbonyl (C=O) groups is 1. The van der Waals surface area contributed by atoms with Crippen LogP contribution in [0.2, 0.25) is 0 Å². The second-order valence-corrected chi connectivity index (χ2v) is 5.87. The van der Waals surface area contributed by atoms with Crippen LogP contribution >= 0.6 is 0 Å². The minimum Gasteiger partial charge on any atom is -0.478 e. The van der Waals surface area contributed by atoms with Crippen molar-refractivity contribution in [1.29, 1.82) is 0 Å². The normalized spacial score (nSPS) is 25.3. The summed E-state index contributed by atoms with van der Waals surface area (Å²) in [6, 6.07) is 4.21. The molecule has 0 amide bonds. The van der Waals surface area contributed by atoms with E-state index in [1.165, 1.54) is 18.2 Å². The maximum atomic E-state index is 11.3. The number of nitro groups is 1. The monoisotopic (exact) mass is 292 g/mol. The number of anilines is 1. The molecule has 0 aromatic heterocycles. The van der Waals surface area contributed by atoms with Crippen molar-refractivity contribution in [2.24, 2.45) is 11.8 Å². The summed E-state index contributed by atoms with van der Waals surface area (Å²) >= 11 is 0. The van der Waals surface area contributed by atoms with Gasteiger partial charge in [0.15, 0.2) is 0 Å². The van der Waals surface area contributed by atoms with E-state index < -0.39 is 10.9 Å². The fraction of sp³-hybridized carbons (Fsp3) is 0.533. The third kappa shape index (κ3) is 3.32. The second kappa shape index (κ2) is 6.11. The first-order chi connectivity index (χ1) is 9.90. The Morgan fingerprint density at radius 2 is 2.05 bits per heavy atom. The number of aromatic carboxylic acids is 1. The molecule has 1 aromatic carbocycles. The highest BCUT2D eigenvalue weighted by Crippen LogP contribution is 2.34. The Labute approximate surface area is 123 Å². The van der Waals surface area contributed by atoms with Crippen LogP contribution in [0.4, 0.5) is 11.4 Å². The molecule has 1 aromatic rings. The summed E-state index contributed by atoms with van der Waals surface area (Å²) in [5, 5.41) is 23.5. The number of carboxylic acid groups (broad SMARTS) is 1. The lowest BCUT2D eigenvalue weighted by Gasteiger charge is -2.33. The summed E-state index contributed by atoms with van der Waals surface area (Å²) < 4.78 is 0. The zero-order valence-electron chi connectivity index (χ0n) is 12.2. The molecule has 0 radical (unpaired) electrons. The first-order valence-electron chi connectivity index (χ1n) is 7.17. The fourth-order valence-electron chi connectivity index (χ4n) is 2.90. The van der Waals surface area contributed by atoms with E-state index in [0.717, 1.165) is 19.3 Å². The van der Waals surface area contributed by atoms with Gasteiger partial charge in [0.05, 0.1) is 10.5 Å². The molecule has 0 spiro atoms. The van der Waals surface area contributed by atoms with Crippen LogP contribution in [0.25, 0.3) is 0 Å². The minimum absolute atomic E-state index is 0.0459. The zero-order valence-corrected chi connectivity index (χ0v) is 12.2. The van der Waals surface area contributed by atoms with E-state index >= 15 is 0 Å². The molecule has 21 heavy (non-hydrogen) atoms. The summed E-state index contributed by atoms with van der Waals surface area (Å²) in [5.41, 5.74) is -0.0987. The van der Waals surface area contributed by atoms with Gasteiger partial charge in [-0.1, -0.05) is 19.9 Å². The predicted octanol–water partition coefficient (Wildman–Crippen LogP) is 3.53. The number of nitrogens with one attached hydrogen (secondary N) is 1. The van der Waals surface area contributed by atoms with Crippen molar-refractivity contribution in [3.63, 3.8) is 0 Å². The largest absolute Gasteiger partial charge is 0.478 e. The molecule has 0 heterocycles. The second-order valence-electron chi connectivity index (χ2n) is 5.87. The van der Waals surface area contributed by atoms with Crippen molar-refractivity contribution in [2.75, 3.05) is 5.32 Å². The van der Waals surface area contributed by atoms with Crippen LogP contribution in [0.5, 0.6) is 0 Å². The zero-order chi connectivity index (χ0) is 15.6. The number of hydrogen-bond donors (Lipinski definition) is 2. The molecular formula is C15H20N2O4. The van der Waals surface area contributed by atoms with Gasteiger partial charge in [0.25, 0.3) is 5.69 Å². The van der Waals surface area contributed by atoms with E-state index in [1.54, 1.807) is 0 Å². The third-order valence-electron chi connectivity index (χ3n) is 4.42. The van der Waals surface area contributed by atoms with Gasteiger partial charge >= 0.3 is 5.97 Å². The van der Waals surface area contributed by atoms with Crippen LogP contribution in [0.1, 0.15) is 43.5 Å². The first-order valence-corrected chi connectivity index (χ1v) is 7.17. The van der Waals surface area contributed by atoms with Gasteiger partial charge in [-0.15, -0.1) is 0 Å². The van der Waals surface area contributed by atoms with Gasteiger partial charge in [0, 0.05) is 12.1 Å². The van der Waals surface area contributed by atoms with Gasteiger partial charge in [0.2, 0.25) is 0 Å². The molecule has 3 atom stereocenters. The molecule has 6 heteroatoms.